The van der Waals surface area contributed by atoms with Crippen LogP contribution in [0.3, 0.4) is 0 Å². The summed E-state index contributed by atoms with van der Waals surface area (Å²) < 4.78 is 12.0. The molecular weight excluding hydrogens is 416 g/mol. The van der Waals surface area contributed by atoms with Crippen LogP contribution in [-0.4, -0.2) is 66.5 Å². The molecule has 0 radical (unpaired) electrons. The first kappa shape index (κ1) is 23.5. The van der Waals surface area contributed by atoms with E-state index in [1.54, 1.807) is 0 Å². The van der Waals surface area contributed by atoms with E-state index in [1.165, 1.54) is 5.56 Å². The number of aliphatic hydroxyl groups is 1. The molecule has 0 unspecified atom stereocenters. The third-order valence-electron chi connectivity index (χ3n) is 6.26. The molecule has 4 rings (SSSR count). The van der Waals surface area contributed by atoms with Gasteiger partial charge in [-0.15, -0.1) is 0 Å². The fraction of sp³-hybridized carbons (Fsp3) is 0.444. The number of carbonyl (C=O) groups excluding carboxylic acids is 1. The molecule has 0 aromatic heterocycles. The van der Waals surface area contributed by atoms with Gasteiger partial charge in [0.25, 0.3) is 5.91 Å². The van der Waals surface area contributed by atoms with Gasteiger partial charge in [0.15, 0.2) is 5.76 Å². The number of benzene rings is 2. The lowest BCUT2D eigenvalue weighted by molar-refractivity contribution is -0.154. The van der Waals surface area contributed by atoms with E-state index in [0.717, 1.165) is 31.6 Å². The Bertz CT molecular complexity index is 895. The standard InChI is InChI=1S/C27H34N2O4/c30-17-7-8-18-32-26-20-24(23-11-5-2-6-12-23)19-25(33-26)27(31)29-15-13-28(14-16-29)21-22-9-3-1-4-10-22/h1-6,9-12,19,24,26,30H,7-8,13-18,20-21H2/t24-,26+/m1/s1. The molecule has 2 aliphatic heterocycles. The number of carbonyl (C=O) groups is 1. The molecule has 0 bridgehead atoms. The lowest BCUT2D eigenvalue weighted by Gasteiger charge is -2.36. The molecular formula is C27H34N2O4. The molecule has 1 fully saturated rings. The average Bonchev–Trinajstić information content (AvgIpc) is 2.88. The van der Waals surface area contributed by atoms with Crippen molar-refractivity contribution in [3.05, 3.63) is 83.6 Å². The number of hydrogen-bond donors (Lipinski definition) is 1. The van der Waals surface area contributed by atoms with E-state index < -0.39 is 6.29 Å². The van der Waals surface area contributed by atoms with Gasteiger partial charge in [0.05, 0.1) is 6.61 Å². The van der Waals surface area contributed by atoms with E-state index in [2.05, 4.69) is 41.3 Å². The summed E-state index contributed by atoms with van der Waals surface area (Å²) in [5.41, 5.74) is 2.45. The number of piperazine rings is 1. The highest BCUT2D eigenvalue weighted by atomic mass is 16.7. The van der Waals surface area contributed by atoms with Crippen LogP contribution in [0.2, 0.25) is 0 Å². The van der Waals surface area contributed by atoms with Gasteiger partial charge in [0.2, 0.25) is 6.29 Å². The first-order chi connectivity index (χ1) is 16.2. The topological polar surface area (TPSA) is 62.2 Å². The van der Waals surface area contributed by atoms with Gasteiger partial charge < -0.3 is 19.5 Å². The van der Waals surface area contributed by atoms with Crippen LogP contribution in [0.25, 0.3) is 0 Å². The predicted molar refractivity (Wildman–Crippen MR) is 127 cm³/mol. The van der Waals surface area contributed by atoms with Crippen molar-refractivity contribution in [1.82, 2.24) is 9.80 Å². The molecule has 6 nitrogen and oxygen atoms in total. The van der Waals surface area contributed by atoms with E-state index in [4.69, 9.17) is 14.6 Å². The smallest absolute Gasteiger partial charge is 0.288 e. The largest absolute Gasteiger partial charge is 0.459 e. The third-order valence-corrected chi connectivity index (χ3v) is 6.26. The second kappa shape index (κ2) is 12.0. The minimum Gasteiger partial charge on any atom is -0.459 e. The average molecular weight is 451 g/mol. The van der Waals surface area contributed by atoms with Crippen molar-refractivity contribution >= 4 is 5.91 Å². The first-order valence-electron chi connectivity index (χ1n) is 11.9. The normalized spacial score (nSPS) is 21.4. The highest BCUT2D eigenvalue weighted by Gasteiger charge is 2.32. The number of nitrogens with zero attached hydrogens (tertiary/aromatic N) is 2. The van der Waals surface area contributed by atoms with E-state index in [9.17, 15) is 4.79 Å². The summed E-state index contributed by atoms with van der Waals surface area (Å²) in [6.45, 7) is 4.62. The summed E-state index contributed by atoms with van der Waals surface area (Å²) >= 11 is 0. The third kappa shape index (κ3) is 6.67. The summed E-state index contributed by atoms with van der Waals surface area (Å²) in [7, 11) is 0. The van der Waals surface area contributed by atoms with Crippen molar-refractivity contribution < 1.29 is 19.4 Å². The van der Waals surface area contributed by atoms with Crippen LogP contribution in [-0.2, 0) is 20.8 Å². The second-order valence-electron chi connectivity index (χ2n) is 8.69. The zero-order valence-corrected chi connectivity index (χ0v) is 19.1. The maximum atomic E-state index is 13.3. The zero-order chi connectivity index (χ0) is 22.9. The van der Waals surface area contributed by atoms with Gasteiger partial charge in [-0.25, -0.2) is 0 Å². The highest BCUT2D eigenvalue weighted by molar-refractivity contribution is 5.92. The molecule has 33 heavy (non-hydrogen) atoms. The van der Waals surface area contributed by atoms with Gasteiger partial charge in [-0.1, -0.05) is 60.7 Å². The van der Waals surface area contributed by atoms with Crippen molar-refractivity contribution in [3.63, 3.8) is 0 Å². The Morgan fingerprint density at radius 2 is 1.67 bits per heavy atom. The Morgan fingerprint density at radius 1 is 0.970 bits per heavy atom. The van der Waals surface area contributed by atoms with Gasteiger partial charge in [-0.2, -0.15) is 0 Å². The lowest BCUT2D eigenvalue weighted by Crippen LogP contribution is -2.49. The second-order valence-corrected chi connectivity index (χ2v) is 8.69. The number of ether oxygens (including phenoxy) is 2. The van der Waals surface area contributed by atoms with E-state index in [0.29, 0.717) is 38.3 Å². The maximum absolute atomic E-state index is 13.3. The minimum atomic E-state index is -0.461. The molecule has 2 aromatic rings. The van der Waals surface area contributed by atoms with Crippen LogP contribution in [0.1, 0.15) is 36.3 Å². The van der Waals surface area contributed by atoms with E-state index in [-0.39, 0.29) is 18.4 Å². The van der Waals surface area contributed by atoms with Crippen LogP contribution in [0, 0.1) is 0 Å². The summed E-state index contributed by atoms with van der Waals surface area (Å²) in [4.78, 5) is 17.6. The molecule has 1 amide bonds. The molecule has 2 aromatic carbocycles. The summed E-state index contributed by atoms with van der Waals surface area (Å²) in [5.74, 6) is 0.402. The number of aliphatic hydroxyl groups excluding tert-OH is 1. The first-order valence-corrected chi connectivity index (χ1v) is 11.9. The molecule has 0 aliphatic carbocycles. The van der Waals surface area contributed by atoms with Crippen molar-refractivity contribution in [3.8, 4) is 0 Å². The van der Waals surface area contributed by atoms with Gasteiger partial charge in [-0.3, -0.25) is 9.69 Å². The Kier molecular flexibility index (Phi) is 8.53. The fourth-order valence-electron chi connectivity index (χ4n) is 4.38. The Hall–Kier alpha value is -2.67. The molecule has 1 N–H and O–H groups in total. The molecule has 1 saturated heterocycles. The van der Waals surface area contributed by atoms with Gasteiger partial charge >= 0.3 is 0 Å². The zero-order valence-electron chi connectivity index (χ0n) is 19.1. The van der Waals surface area contributed by atoms with Gasteiger partial charge in [-0.05, 0) is 30.0 Å². The van der Waals surface area contributed by atoms with Crippen LogP contribution in [0.15, 0.2) is 72.5 Å². The number of amides is 1. The lowest BCUT2D eigenvalue weighted by atomic mass is 9.93. The molecule has 2 atom stereocenters. The molecule has 176 valence electrons. The molecule has 2 heterocycles. The Balaban J connectivity index is 1.38. The van der Waals surface area contributed by atoms with Crippen molar-refractivity contribution in [2.24, 2.45) is 0 Å². The molecule has 2 aliphatic rings. The number of unbranched alkanes of at least 4 members (excludes halogenated alkanes) is 1. The van der Waals surface area contributed by atoms with Crippen LogP contribution >= 0.6 is 0 Å². The number of allylic oxidation sites excluding steroid dienone is 1. The molecule has 6 heteroatoms. The van der Waals surface area contributed by atoms with Crippen molar-refractivity contribution in [1.29, 1.82) is 0 Å². The monoisotopic (exact) mass is 450 g/mol. The van der Waals surface area contributed by atoms with E-state index in [1.807, 2.05) is 35.2 Å². The minimum absolute atomic E-state index is 0.0565. The predicted octanol–water partition coefficient (Wildman–Crippen LogP) is 3.53. The number of hydrogen-bond acceptors (Lipinski definition) is 5. The summed E-state index contributed by atoms with van der Waals surface area (Å²) in [6, 6.07) is 20.6. The SMILES string of the molecule is O=C(C1=C[C@@H](c2ccccc2)C[C@@H](OCCCCO)O1)N1CCN(Cc2ccccc2)CC1. The van der Waals surface area contributed by atoms with E-state index >= 15 is 0 Å². The van der Waals surface area contributed by atoms with Crippen LogP contribution < -0.4 is 0 Å². The maximum Gasteiger partial charge on any atom is 0.288 e. The highest BCUT2D eigenvalue weighted by Crippen LogP contribution is 2.32. The Labute approximate surface area is 196 Å². The summed E-state index contributed by atoms with van der Waals surface area (Å²) in [6.07, 6.45) is 3.64. The van der Waals surface area contributed by atoms with Crippen molar-refractivity contribution in [2.75, 3.05) is 39.4 Å². The van der Waals surface area contributed by atoms with Gasteiger partial charge in [0.1, 0.15) is 0 Å². The number of rotatable bonds is 9. The Morgan fingerprint density at radius 3 is 2.36 bits per heavy atom. The summed E-state index contributed by atoms with van der Waals surface area (Å²) in [5, 5.41) is 9.00. The fourth-order valence-corrected chi connectivity index (χ4v) is 4.38. The van der Waals surface area contributed by atoms with Crippen molar-refractivity contribution in [2.45, 2.75) is 38.0 Å². The quantitative estimate of drug-likeness (QED) is 0.592. The van der Waals surface area contributed by atoms with Crippen LogP contribution in [0.4, 0.5) is 0 Å². The molecule has 0 saturated carbocycles. The van der Waals surface area contributed by atoms with Crippen LogP contribution in [0.5, 0.6) is 0 Å². The molecule has 0 spiro atoms. The van der Waals surface area contributed by atoms with Gasteiger partial charge in [0, 0.05) is 51.7 Å².